The minimum atomic E-state index is -0.845. The highest BCUT2D eigenvalue weighted by Crippen LogP contribution is 2.55. The first-order valence-electron chi connectivity index (χ1n) is 10.1. The number of carbonyl (C=O) groups excluding carboxylic acids is 4. The van der Waals surface area contributed by atoms with E-state index in [0.29, 0.717) is 22.6 Å². The molecule has 10 heteroatoms. The van der Waals surface area contributed by atoms with Gasteiger partial charge in [0.2, 0.25) is 11.8 Å². The van der Waals surface area contributed by atoms with Crippen LogP contribution < -0.4 is 25.4 Å². The van der Waals surface area contributed by atoms with Crippen molar-refractivity contribution in [1.29, 1.82) is 0 Å². The summed E-state index contributed by atoms with van der Waals surface area (Å²) in [6.45, 7) is 0. The number of hydrogen-bond acceptors (Lipinski definition) is 8. The van der Waals surface area contributed by atoms with E-state index in [1.807, 2.05) is 0 Å². The second-order valence-corrected chi connectivity index (χ2v) is 8.91. The molecule has 0 spiro atoms. The molecule has 0 radical (unpaired) electrons. The molecule has 3 N–H and O–H groups in total. The number of hydrogen-bond donors (Lipinski definition) is 2. The van der Waals surface area contributed by atoms with Gasteiger partial charge in [-0.3, -0.25) is 14.4 Å². The van der Waals surface area contributed by atoms with Crippen LogP contribution >= 0.6 is 11.8 Å². The third-order valence-electron chi connectivity index (χ3n) is 6.08. The summed E-state index contributed by atoms with van der Waals surface area (Å²) < 4.78 is 10.8. The molecule has 168 valence electrons. The Kier molecular flexibility index (Phi) is 4.89. The van der Waals surface area contributed by atoms with Crippen molar-refractivity contribution in [3.63, 3.8) is 0 Å². The first-order chi connectivity index (χ1) is 15.9. The minimum absolute atomic E-state index is 0.165. The van der Waals surface area contributed by atoms with Crippen molar-refractivity contribution in [2.75, 3.05) is 19.1 Å². The van der Waals surface area contributed by atoms with Crippen LogP contribution in [0.3, 0.4) is 0 Å². The number of thioether (sulfide) groups is 1. The van der Waals surface area contributed by atoms with E-state index < -0.39 is 34.9 Å². The van der Waals surface area contributed by atoms with Crippen LogP contribution in [0.5, 0.6) is 11.5 Å². The van der Waals surface area contributed by atoms with E-state index in [9.17, 15) is 19.2 Å². The number of para-hydroxylation sites is 1. The first kappa shape index (κ1) is 21.1. The molecule has 2 aromatic carbocycles. The van der Waals surface area contributed by atoms with E-state index >= 15 is 0 Å². The number of fused-ring (bicyclic) bond motifs is 5. The van der Waals surface area contributed by atoms with Crippen molar-refractivity contribution >= 4 is 41.1 Å². The number of imide groups is 1. The highest BCUT2D eigenvalue weighted by Gasteiger charge is 2.58. The van der Waals surface area contributed by atoms with Gasteiger partial charge >= 0.3 is 5.97 Å². The topological polar surface area (TPSA) is 128 Å². The van der Waals surface area contributed by atoms with Crippen LogP contribution in [0.1, 0.15) is 21.8 Å². The molecule has 0 unspecified atom stereocenters. The maximum atomic E-state index is 13.6. The third kappa shape index (κ3) is 3.01. The van der Waals surface area contributed by atoms with Gasteiger partial charge in [-0.2, -0.15) is 0 Å². The van der Waals surface area contributed by atoms with Gasteiger partial charge in [-0.05, 0) is 30.3 Å². The number of rotatable bonds is 3. The van der Waals surface area contributed by atoms with E-state index in [2.05, 4.69) is 5.32 Å². The molecule has 0 bridgehead atoms. The van der Waals surface area contributed by atoms with Crippen LogP contribution in [0.4, 0.5) is 5.69 Å². The van der Waals surface area contributed by atoms with Crippen molar-refractivity contribution in [3.05, 3.63) is 64.2 Å². The molecule has 9 nitrogen and oxygen atoms in total. The lowest BCUT2D eigenvalue weighted by atomic mass is 9.77. The summed E-state index contributed by atoms with van der Waals surface area (Å²) in [6.07, 6.45) is 0. The Morgan fingerprint density at radius 2 is 1.85 bits per heavy atom. The maximum Gasteiger partial charge on any atom is 0.342 e. The molecular formula is C23H19N3O6S. The molecule has 0 aliphatic carbocycles. The molecular weight excluding hydrogens is 446 g/mol. The summed E-state index contributed by atoms with van der Waals surface area (Å²) in [5, 5.41) is 1.89. The minimum Gasteiger partial charge on any atom is -0.493 e. The Hall–Kier alpha value is -3.79. The molecule has 1 fully saturated rings. The van der Waals surface area contributed by atoms with Gasteiger partial charge in [0.1, 0.15) is 5.25 Å². The Morgan fingerprint density at radius 3 is 2.52 bits per heavy atom. The monoisotopic (exact) mass is 465 g/mol. The lowest BCUT2D eigenvalue weighted by molar-refractivity contribution is -0.132. The predicted molar refractivity (Wildman–Crippen MR) is 120 cm³/mol. The van der Waals surface area contributed by atoms with Crippen LogP contribution in [0, 0.1) is 5.92 Å². The van der Waals surface area contributed by atoms with Gasteiger partial charge in [0, 0.05) is 24.1 Å². The number of nitrogens with one attached hydrogen (secondary N) is 1. The zero-order chi connectivity index (χ0) is 23.4. The van der Waals surface area contributed by atoms with Gasteiger partial charge in [0.15, 0.2) is 11.5 Å². The quantitative estimate of drug-likeness (QED) is 0.397. The van der Waals surface area contributed by atoms with Gasteiger partial charge in [-0.25, -0.2) is 9.69 Å². The Morgan fingerprint density at radius 1 is 1.12 bits per heavy atom. The molecule has 5 rings (SSSR count). The van der Waals surface area contributed by atoms with E-state index in [1.54, 1.807) is 42.5 Å². The largest absolute Gasteiger partial charge is 0.493 e. The number of esters is 1. The smallest absolute Gasteiger partial charge is 0.342 e. The molecule has 3 amide bonds. The van der Waals surface area contributed by atoms with Crippen molar-refractivity contribution in [1.82, 2.24) is 5.32 Å². The number of ether oxygens (including phenoxy) is 2. The standard InChI is InChI=1S/C23H19N3O6S/c1-25-20(27)10-6-8-11(9-7-10)26-21(28)15-14-12-4-3-5-13(31-2)17(12)32-23(30)16(14)19(24)33-18(15)22(26)29/h3-9,14-15,18H,24H2,1-2H3,(H,25,27)/t14-,15+,18+/m0/s1. The fraction of sp³-hybridized carbons (Fsp3) is 0.217. The Bertz CT molecular complexity index is 1260. The number of nitrogens with two attached hydrogens (primary N) is 1. The SMILES string of the molecule is CNC(=O)c1ccc(N2C(=O)[C@H]3[C@@H](SC(N)=C4C(=O)Oc5c(OC)cccc5[C@H]43)C2=O)cc1. The van der Waals surface area contributed by atoms with Crippen molar-refractivity contribution in [2.45, 2.75) is 11.2 Å². The molecule has 3 aliphatic heterocycles. The lowest BCUT2D eigenvalue weighted by Gasteiger charge is -2.36. The zero-order valence-corrected chi connectivity index (χ0v) is 18.5. The number of anilines is 1. The zero-order valence-electron chi connectivity index (χ0n) is 17.7. The highest BCUT2D eigenvalue weighted by molar-refractivity contribution is 8.04. The van der Waals surface area contributed by atoms with Crippen LogP contribution in [0.25, 0.3) is 0 Å². The summed E-state index contributed by atoms with van der Waals surface area (Å²) in [5.41, 5.74) is 7.70. The summed E-state index contributed by atoms with van der Waals surface area (Å²) in [7, 11) is 2.97. The highest BCUT2D eigenvalue weighted by atomic mass is 32.2. The van der Waals surface area contributed by atoms with Crippen LogP contribution in [0.15, 0.2) is 53.1 Å². The molecule has 0 saturated carbocycles. The molecule has 0 aromatic heterocycles. The van der Waals surface area contributed by atoms with Crippen LogP contribution in [-0.2, 0) is 14.4 Å². The summed E-state index contributed by atoms with van der Waals surface area (Å²) in [6, 6.07) is 11.3. The lowest BCUT2D eigenvalue weighted by Crippen LogP contribution is -2.39. The van der Waals surface area contributed by atoms with E-state index in [0.717, 1.165) is 16.7 Å². The molecule has 2 aromatic rings. The number of amides is 3. The van der Waals surface area contributed by atoms with Gasteiger partial charge in [-0.15, -0.1) is 0 Å². The first-order valence-corrected chi connectivity index (χ1v) is 11.0. The molecule has 3 atom stereocenters. The second-order valence-electron chi connectivity index (χ2n) is 7.73. The normalized spacial score (nSPS) is 23.5. The molecule has 3 heterocycles. The van der Waals surface area contributed by atoms with Gasteiger partial charge < -0.3 is 20.5 Å². The number of methoxy groups -OCH3 is 1. The van der Waals surface area contributed by atoms with Crippen molar-refractivity contribution in [2.24, 2.45) is 11.7 Å². The van der Waals surface area contributed by atoms with Crippen molar-refractivity contribution < 1.29 is 28.7 Å². The van der Waals surface area contributed by atoms with E-state index in [1.165, 1.54) is 14.2 Å². The average Bonchev–Trinajstić information content (AvgIpc) is 3.07. The van der Waals surface area contributed by atoms with E-state index in [4.69, 9.17) is 15.2 Å². The Balaban J connectivity index is 1.60. The van der Waals surface area contributed by atoms with Crippen molar-refractivity contribution in [3.8, 4) is 11.5 Å². The van der Waals surface area contributed by atoms with Gasteiger partial charge in [0.05, 0.1) is 29.3 Å². The van der Waals surface area contributed by atoms with Crippen LogP contribution in [-0.4, -0.2) is 43.1 Å². The fourth-order valence-corrected chi connectivity index (χ4v) is 5.81. The summed E-state index contributed by atoms with van der Waals surface area (Å²) in [5.74, 6) is -2.81. The average molecular weight is 465 g/mol. The maximum absolute atomic E-state index is 13.6. The van der Waals surface area contributed by atoms with Gasteiger partial charge in [0.25, 0.3) is 5.91 Å². The predicted octanol–water partition coefficient (Wildman–Crippen LogP) is 1.53. The van der Waals surface area contributed by atoms with Gasteiger partial charge in [-0.1, -0.05) is 23.9 Å². The van der Waals surface area contributed by atoms with E-state index in [-0.39, 0.29) is 22.3 Å². The fourth-order valence-electron chi connectivity index (χ4n) is 4.57. The number of carbonyl (C=O) groups is 4. The summed E-state index contributed by atoms with van der Waals surface area (Å²) >= 11 is 1.00. The number of nitrogens with zero attached hydrogens (tertiary/aromatic N) is 1. The molecule has 1 saturated heterocycles. The second kappa shape index (κ2) is 7.66. The molecule has 33 heavy (non-hydrogen) atoms. The van der Waals surface area contributed by atoms with Crippen LogP contribution in [0.2, 0.25) is 0 Å². The number of benzene rings is 2. The third-order valence-corrected chi connectivity index (χ3v) is 7.30. The molecule has 3 aliphatic rings. The Labute approximate surface area is 192 Å². The summed E-state index contributed by atoms with van der Waals surface area (Å²) in [4.78, 5) is 52.8.